The Hall–Kier alpha value is -0.770. The van der Waals surface area contributed by atoms with E-state index in [4.69, 9.17) is 4.74 Å². The van der Waals surface area contributed by atoms with Crippen LogP contribution in [-0.4, -0.2) is 29.4 Å². The fraction of sp³-hybridized carbons (Fsp3) is 0.933. The molecule has 4 nitrogen and oxygen atoms in total. The minimum Gasteiger partial charge on any atom is -0.444 e. The Morgan fingerprint density at radius 1 is 1.32 bits per heavy atom. The molecule has 0 bridgehead atoms. The average molecular weight is 271 g/mol. The van der Waals surface area contributed by atoms with Gasteiger partial charge in [-0.15, -0.1) is 0 Å². The third-order valence-corrected chi connectivity index (χ3v) is 3.93. The van der Waals surface area contributed by atoms with Crippen LogP contribution in [0.1, 0.15) is 66.2 Å². The Morgan fingerprint density at radius 2 is 1.89 bits per heavy atom. The molecule has 0 radical (unpaired) electrons. The highest BCUT2D eigenvalue weighted by atomic mass is 16.6. The normalized spacial score (nSPS) is 20.7. The van der Waals surface area contributed by atoms with Crippen molar-refractivity contribution in [3.8, 4) is 0 Å². The van der Waals surface area contributed by atoms with Crippen molar-refractivity contribution >= 4 is 6.09 Å². The second-order valence-electron chi connectivity index (χ2n) is 6.70. The number of hydrogen-bond acceptors (Lipinski definition) is 3. The van der Waals surface area contributed by atoms with Crippen LogP contribution >= 0.6 is 0 Å². The molecule has 1 rings (SSSR count). The van der Waals surface area contributed by atoms with Gasteiger partial charge in [0.15, 0.2) is 0 Å². The number of alkyl carbamates (subject to hydrolysis) is 1. The molecule has 0 spiro atoms. The molecule has 1 amide bonds. The zero-order valence-corrected chi connectivity index (χ0v) is 12.8. The quantitative estimate of drug-likeness (QED) is 0.825. The molecule has 2 N–H and O–H groups in total. The van der Waals surface area contributed by atoms with Crippen molar-refractivity contribution in [2.75, 3.05) is 6.54 Å². The van der Waals surface area contributed by atoms with E-state index in [0.29, 0.717) is 6.54 Å². The Kier molecular flexibility index (Phi) is 5.65. The summed E-state index contributed by atoms with van der Waals surface area (Å²) in [6, 6.07) is 0. The summed E-state index contributed by atoms with van der Waals surface area (Å²) < 4.78 is 5.26. The average Bonchev–Trinajstić information content (AvgIpc) is 2.34. The van der Waals surface area contributed by atoms with Gasteiger partial charge in [-0.1, -0.05) is 26.2 Å². The number of nitrogens with one attached hydrogen (secondary N) is 1. The van der Waals surface area contributed by atoms with Gasteiger partial charge in [-0.05, 0) is 40.0 Å². The molecule has 0 heterocycles. The van der Waals surface area contributed by atoms with Crippen LogP contribution in [0.4, 0.5) is 4.79 Å². The van der Waals surface area contributed by atoms with Gasteiger partial charge >= 0.3 is 6.09 Å². The number of rotatable bonds is 4. The minimum atomic E-state index is -0.479. The lowest BCUT2D eigenvalue weighted by molar-refractivity contribution is -0.00913. The maximum Gasteiger partial charge on any atom is 0.407 e. The van der Waals surface area contributed by atoms with Crippen molar-refractivity contribution in [2.45, 2.75) is 77.9 Å². The van der Waals surface area contributed by atoms with Crippen LogP contribution in [-0.2, 0) is 4.74 Å². The Morgan fingerprint density at radius 3 is 2.37 bits per heavy atom. The molecular formula is C15H29NO3. The number of ether oxygens (including phenoxy) is 1. The molecule has 1 aliphatic rings. The second kappa shape index (κ2) is 6.60. The SMILES string of the molecule is CCC(O)C1(CNC(=O)OC(C)(C)C)CCCCC1. The van der Waals surface area contributed by atoms with Gasteiger partial charge in [0.1, 0.15) is 5.60 Å². The van der Waals surface area contributed by atoms with Crippen LogP contribution in [0.15, 0.2) is 0 Å². The summed E-state index contributed by atoms with van der Waals surface area (Å²) in [5.74, 6) is 0. The first kappa shape index (κ1) is 16.3. The molecule has 112 valence electrons. The largest absolute Gasteiger partial charge is 0.444 e. The Bertz CT molecular complexity index is 290. The first-order valence-corrected chi connectivity index (χ1v) is 7.44. The topological polar surface area (TPSA) is 58.6 Å². The molecule has 1 unspecified atom stereocenters. The van der Waals surface area contributed by atoms with Crippen LogP contribution in [0.25, 0.3) is 0 Å². The van der Waals surface area contributed by atoms with Gasteiger partial charge < -0.3 is 15.2 Å². The zero-order chi connectivity index (χ0) is 14.5. The number of carbonyl (C=O) groups excluding carboxylic acids is 1. The Balaban J connectivity index is 2.56. The van der Waals surface area contributed by atoms with Crippen LogP contribution < -0.4 is 5.32 Å². The van der Waals surface area contributed by atoms with Crippen molar-refractivity contribution in [1.29, 1.82) is 0 Å². The monoisotopic (exact) mass is 271 g/mol. The van der Waals surface area contributed by atoms with Gasteiger partial charge in [0.25, 0.3) is 0 Å². The number of aliphatic hydroxyl groups is 1. The second-order valence-corrected chi connectivity index (χ2v) is 6.70. The van der Waals surface area contributed by atoms with Gasteiger partial charge in [0.05, 0.1) is 6.10 Å². The van der Waals surface area contributed by atoms with E-state index in [2.05, 4.69) is 5.32 Å². The van der Waals surface area contributed by atoms with Crippen molar-refractivity contribution in [1.82, 2.24) is 5.32 Å². The third-order valence-electron chi connectivity index (χ3n) is 3.93. The van der Waals surface area contributed by atoms with E-state index in [0.717, 1.165) is 32.1 Å². The highest BCUT2D eigenvalue weighted by Crippen LogP contribution is 2.39. The van der Waals surface area contributed by atoms with Gasteiger partial charge in [-0.3, -0.25) is 0 Å². The molecule has 0 saturated heterocycles. The van der Waals surface area contributed by atoms with Crippen molar-refractivity contribution in [3.05, 3.63) is 0 Å². The summed E-state index contributed by atoms with van der Waals surface area (Å²) in [6.07, 6.45) is 5.46. The molecule has 4 heteroatoms. The Labute approximate surface area is 116 Å². The van der Waals surface area contributed by atoms with Crippen LogP contribution in [0.5, 0.6) is 0 Å². The first-order valence-electron chi connectivity index (χ1n) is 7.44. The molecule has 0 aromatic carbocycles. The van der Waals surface area contributed by atoms with Gasteiger partial charge in [0.2, 0.25) is 0 Å². The lowest BCUT2D eigenvalue weighted by atomic mass is 9.69. The van der Waals surface area contributed by atoms with E-state index in [1.54, 1.807) is 0 Å². The van der Waals surface area contributed by atoms with E-state index >= 15 is 0 Å². The van der Waals surface area contributed by atoms with Gasteiger partial charge in [-0.25, -0.2) is 4.79 Å². The van der Waals surface area contributed by atoms with Crippen LogP contribution in [0.2, 0.25) is 0 Å². The number of hydrogen-bond donors (Lipinski definition) is 2. The van der Waals surface area contributed by atoms with E-state index in [9.17, 15) is 9.90 Å². The molecule has 0 aromatic heterocycles. The summed E-state index contributed by atoms with van der Waals surface area (Å²) in [4.78, 5) is 11.7. The number of carbonyl (C=O) groups is 1. The maximum absolute atomic E-state index is 11.7. The predicted octanol–water partition coefficient (Wildman–Crippen LogP) is 3.23. The van der Waals surface area contributed by atoms with Crippen molar-refractivity contribution in [3.63, 3.8) is 0 Å². The smallest absolute Gasteiger partial charge is 0.407 e. The summed E-state index contributed by atoms with van der Waals surface area (Å²) >= 11 is 0. The number of amides is 1. The predicted molar refractivity (Wildman–Crippen MR) is 76.1 cm³/mol. The molecule has 19 heavy (non-hydrogen) atoms. The standard InChI is InChI=1S/C15H29NO3/c1-5-12(17)15(9-7-6-8-10-15)11-16-13(18)19-14(2,3)4/h12,17H,5-11H2,1-4H3,(H,16,18). The lowest BCUT2D eigenvalue weighted by Gasteiger charge is -2.41. The summed E-state index contributed by atoms with van der Waals surface area (Å²) in [7, 11) is 0. The van der Waals surface area contributed by atoms with Crippen LogP contribution in [0.3, 0.4) is 0 Å². The van der Waals surface area contributed by atoms with Crippen molar-refractivity contribution in [2.24, 2.45) is 5.41 Å². The molecular weight excluding hydrogens is 242 g/mol. The zero-order valence-electron chi connectivity index (χ0n) is 12.8. The highest BCUT2D eigenvalue weighted by Gasteiger charge is 2.38. The third kappa shape index (κ3) is 5.01. The molecule has 1 fully saturated rings. The maximum atomic E-state index is 11.7. The number of aliphatic hydroxyl groups excluding tert-OH is 1. The fourth-order valence-corrected chi connectivity index (χ4v) is 2.88. The summed E-state index contributed by atoms with van der Waals surface area (Å²) in [5, 5.41) is 13.1. The molecule has 1 aliphatic carbocycles. The summed E-state index contributed by atoms with van der Waals surface area (Å²) in [6.45, 7) is 8.06. The van der Waals surface area contributed by atoms with E-state index in [1.165, 1.54) is 6.42 Å². The van der Waals surface area contributed by atoms with Crippen LogP contribution in [0, 0.1) is 5.41 Å². The van der Waals surface area contributed by atoms with Gasteiger partial charge in [-0.2, -0.15) is 0 Å². The van der Waals surface area contributed by atoms with E-state index in [1.807, 2.05) is 27.7 Å². The molecule has 0 aromatic rings. The molecule has 0 aliphatic heterocycles. The van der Waals surface area contributed by atoms with E-state index in [-0.39, 0.29) is 17.6 Å². The summed E-state index contributed by atoms with van der Waals surface area (Å²) in [5.41, 5.74) is -0.642. The molecule has 1 saturated carbocycles. The highest BCUT2D eigenvalue weighted by molar-refractivity contribution is 5.67. The fourth-order valence-electron chi connectivity index (χ4n) is 2.88. The molecule has 1 atom stereocenters. The van der Waals surface area contributed by atoms with E-state index < -0.39 is 5.60 Å². The lowest BCUT2D eigenvalue weighted by Crippen LogP contribution is -2.47. The first-order chi connectivity index (χ1) is 8.79. The minimum absolute atomic E-state index is 0.163. The van der Waals surface area contributed by atoms with Crippen molar-refractivity contribution < 1.29 is 14.6 Å². The van der Waals surface area contributed by atoms with Gasteiger partial charge in [0, 0.05) is 12.0 Å².